The number of ether oxygens (including phenoxy) is 2. The summed E-state index contributed by atoms with van der Waals surface area (Å²) in [6.07, 6.45) is 1.20. The van der Waals surface area contributed by atoms with Gasteiger partial charge in [-0.05, 0) is 46.9 Å². The van der Waals surface area contributed by atoms with Crippen LogP contribution < -0.4 is 5.32 Å². The first-order valence-corrected chi connectivity index (χ1v) is 12.2. The molecule has 2 N–H and O–H groups in total. The Hall–Kier alpha value is -3.39. The van der Waals surface area contributed by atoms with Crippen molar-refractivity contribution in [3.63, 3.8) is 0 Å². The molecule has 2 fully saturated rings. The van der Waals surface area contributed by atoms with Gasteiger partial charge in [-0.2, -0.15) is 0 Å². The first-order chi connectivity index (χ1) is 17.0. The second kappa shape index (κ2) is 10.1. The highest BCUT2D eigenvalue weighted by Crippen LogP contribution is 2.44. The van der Waals surface area contributed by atoms with Gasteiger partial charge >= 0.3 is 12.1 Å². The van der Waals surface area contributed by atoms with E-state index in [0.29, 0.717) is 13.1 Å². The molecular weight excluding hydrogens is 448 g/mol. The molecule has 0 spiro atoms. The fourth-order valence-corrected chi connectivity index (χ4v) is 5.95. The lowest BCUT2D eigenvalue weighted by Gasteiger charge is -2.35. The number of nitrogens with one attached hydrogen (secondary N) is 1. The topological polar surface area (TPSA) is 105 Å². The van der Waals surface area contributed by atoms with Gasteiger partial charge in [-0.25, -0.2) is 4.79 Å². The highest BCUT2D eigenvalue weighted by atomic mass is 16.5. The van der Waals surface area contributed by atoms with Gasteiger partial charge in [-0.1, -0.05) is 48.5 Å². The van der Waals surface area contributed by atoms with Crippen molar-refractivity contribution in [1.82, 2.24) is 10.2 Å². The van der Waals surface area contributed by atoms with E-state index in [-0.39, 0.29) is 55.9 Å². The first-order valence-electron chi connectivity index (χ1n) is 12.2. The average Bonchev–Trinajstić information content (AvgIpc) is 3.33. The molecule has 35 heavy (non-hydrogen) atoms. The van der Waals surface area contributed by atoms with Crippen LogP contribution in [0.5, 0.6) is 0 Å². The molecule has 3 aliphatic rings. The van der Waals surface area contributed by atoms with Gasteiger partial charge in [0.05, 0.1) is 12.5 Å². The second-order valence-electron chi connectivity index (χ2n) is 9.57. The van der Waals surface area contributed by atoms with Gasteiger partial charge in [0.1, 0.15) is 13.2 Å². The summed E-state index contributed by atoms with van der Waals surface area (Å²) in [6.45, 7) is 1.55. The molecule has 2 bridgehead atoms. The fraction of sp³-hybridized carbons (Fsp3) is 0.444. The third-order valence-electron chi connectivity index (χ3n) is 7.56. The lowest BCUT2D eigenvalue weighted by atomic mass is 9.85. The highest BCUT2D eigenvalue weighted by molar-refractivity contribution is 5.79. The van der Waals surface area contributed by atoms with E-state index in [1.807, 2.05) is 24.3 Å². The van der Waals surface area contributed by atoms with Crippen molar-refractivity contribution >= 4 is 18.0 Å². The molecule has 1 heterocycles. The Bertz CT molecular complexity index is 1060. The van der Waals surface area contributed by atoms with E-state index in [0.717, 1.165) is 24.0 Å². The number of amides is 2. The maximum Gasteiger partial charge on any atom is 0.407 e. The number of hydrogen-bond donors (Lipinski definition) is 2. The van der Waals surface area contributed by atoms with Crippen LogP contribution in [0.25, 0.3) is 11.1 Å². The number of hydrogen-bond acceptors (Lipinski definition) is 5. The molecule has 0 aromatic heterocycles. The number of piperidine rings is 1. The summed E-state index contributed by atoms with van der Waals surface area (Å²) < 4.78 is 11.0. The average molecular weight is 479 g/mol. The molecule has 184 valence electrons. The van der Waals surface area contributed by atoms with E-state index in [2.05, 4.69) is 29.6 Å². The molecule has 5 rings (SSSR count). The number of carbonyl (C=O) groups is 3. The van der Waals surface area contributed by atoms with E-state index in [4.69, 9.17) is 9.47 Å². The largest absolute Gasteiger partial charge is 0.481 e. The first kappa shape index (κ1) is 23.4. The van der Waals surface area contributed by atoms with Crippen LogP contribution in [0.2, 0.25) is 0 Å². The number of rotatable bonds is 8. The number of carboxylic acid groups (broad SMARTS) is 1. The fourth-order valence-electron chi connectivity index (χ4n) is 5.95. The molecule has 2 unspecified atom stereocenters. The Balaban J connectivity index is 1.02. The van der Waals surface area contributed by atoms with Crippen molar-refractivity contribution in [2.45, 2.75) is 18.8 Å². The maximum atomic E-state index is 12.5. The monoisotopic (exact) mass is 478 g/mol. The van der Waals surface area contributed by atoms with Crippen molar-refractivity contribution in [2.24, 2.45) is 17.8 Å². The number of carboxylic acids is 1. The van der Waals surface area contributed by atoms with Crippen LogP contribution in [0.15, 0.2) is 48.5 Å². The van der Waals surface area contributed by atoms with Gasteiger partial charge in [0.15, 0.2) is 0 Å². The molecular formula is C27H30N2O6. The van der Waals surface area contributed by atoms with Crippen molar-refractivity contribution in [1.29, 1.82) is 0 Å². The van der Waals surface area contributed by atoms with Crippen LogP contribution in [-0.2, 0) is 19.1 Å². The lowest BCUT2D eigenvalue weighted by Crippen LogP contribution is -2.48. The van der Waals surface area contributed by atoms with Crippen molar-refractivity contribution in [3.8, 4) is 11.1 Å². The smallest absolute Gasteiger partial charge is 0.407 e. The van der Waals surface area contributed by atoms with E-state index in [1.54, 1.807) is 4.90 Å². The van der Waals surface area contributed by atoms with Crippen LogP contribution in [0, 0.1) is 17.8 Å². The normalized spacial score (nSPS) is 22.4. The van der Waals surface area contributed by atoms with Crippen molar-refractivity contribution in [3.05, 3.63) is 59.7 Å². The molecule has 1 aliphatic heterocycles. The minimum atomic E-state index is -0.750. The predicted octanol–water partition coefficient (Wildman–Crippen LogP) is 3.11. The number of fused-ring (bicyclic) bond motifs is 5. The zero-order chi connectivity index (χ0) is 24.4. The van der Waals surface area contributed by atoms with Crippen LogP contribution in [-0.4, -0.2) is 67.4 Å². The third-order valence-corrected chi connectivity index (χ3v) is 7.56. The van der Waals surface area contributed by atoms with Crippen LogP contribution in [0.4, 0.5) is 4.79 Å². The van der Waals surface area contributed by atoms with Crippen molar-refractivity contribution < 1.29 is 29.0 Å². The summed E-state index contributed by atoms with van der Waals surface area (Å²) in [6, 6.07) is 16.3. The Kier molecular flexibility index (Phi) is 6.72. The highest BCUT2D eigenvalue weighted by Gasteiger charge is 2.46. The summed E-state index contributed by atoms with van der Waals surface area (Å²) in [5.74, 6) is -1.15. The van der Waals surface area contributed by atoms with Gasteiger partial charge in [0.25, 0.3) is 0 Å². The molecule has 2 aliphatic carbocycles. The Morgan fingerprint density at radius 1 is 0.943 bits per heavy atom. The van der Waals surface area contributed by atoms with Crippen molar-refractivity contribution in [2.75, 3.05) is 39.5 Å². The summed E-state index contributed by atoms with van der Waals surface area (Å²) >= 11 is 0. The molecule has 1 saturated heterocycles. The zero-order valence-corrected chi connectivity index (χ0v) is 19.5. The standard InChI is InChI=1S/C27H30N2O6/c30-24(29-13-17-9-10-18(14-29)25(17)26(31)32)16-34-12-11-28-27(33)35-15-23-21-7-3-1-5-19(21)20-6-2-4-8-22(20)23/h1-8,17-18,23,25H,9-16H2,(H,28,33)(H,31,32). The number of alkyl carbamates (subject to hydrolysis) is 1. The zero-order valence-electron chi connectivity index (χ0n) is 19.5. The van der Waals surface area contributed by atoms with Crippen LogP contribution in [0.1, 0.15) is 29.9 Å². The maximum absolute atomic E-state index is 12.5. The molecule has 8 heteroatoms. The summed E-state index contributed by atoms with van der Waals surface area (Å²) in [5, 5.41) is 12.1. The second-order valence-corrected chi connectivity index (χ2v) is 9.57. The lowest BCUT2D eigenvalue weighted by molar-refractivity contribution is -0.151. The minimum absolute atomic E-state index is 0.00239. The molecule has 2 amide bonds. The Labute approximate surface area is 204 Å². The van der Waals surface area contributed by atoms with Crippen LogP contribution in [0.3, 0.4) is 0 Å². The molecule has 2 aromatic rings. The molecule has 1 saturated carbocycles. The molecule has 2 atom stereocenters. The number of nitrogens with zero attached hydrogens (tertiary/aromatic N) is 1. The summed E-state index contributed by atoms with van der Waals surface area (Å²) in [5.41, 5.74) is 4.67. The van der Waals surface area contributed by atoms with Gasteiger partial charge in [0.2, 0.25) is 5.91 Å². The molecule has 8 nitrogen and oxygen atoms in total. The van der Waals surface area contributed by atoms with Gasteiger partial charge in [0, 0.05) is 25.6 Å². The Morgan fingerprint density at radius 3 is 2.14 bits per heavy atom. The van der Waals surface area contributed by atoms with Gasteiger partial charge in [-0.15, -0.1) is 0 Å². The van der Waals surface area contributed by atoms with E-state index in [9.17, 15) is 19.5 Å². The van der Waals surface area contributed by atoms with E-state index < -0.39 is 12.1 Å². The predicted molar refractivity (Wildman–Crippen MR) is 128 cm³/mol. The van der Waals surface area contributed by atoms with E-state index in [1.165, 1.54) is 11.1 Å². The number of carbonyl (C=O) groups excluding carboxylic acids is 2. The van der Waals surface area contributed by atoms with E-state index >= 15 is 0 Å². The number of likely N-dealkylation sites (tertiary alicyclic amines) is 1. The van der Waals surface area contributed by atoms with Gasteiger partial charge < -0.3 is 24.8 Å². The molecule has 2 aromatic carbocycles. The SMILES string of the molecule is O=C(NCCOCC(=O)N1CC2CCC(C1)C2C(=O)O)OCC1c2ccccc2-c2ccccc21. The number of benzene rings is 2. The molecule has 0 radical (unpaired) electrons. The van der Waals surface area contributed by atoms with Crippen LogP contribution >= 0.6 is 0 Å². The quantitative estimate of drug-likeness (QED) is 0.565. The minimum Gasteiger partial charge on any atom is -0.481 e. The summed E-state index contributed by atoms with van der Waals surface area (Å²) in [4.78, 5) is 37.9. The number of aliphatic carboxylic acids is 1. The summed E-state index contributed by atoms with van der Waals surface area (Å²) in [7, 11) is 0. The third kappa shape index (κ3) is 4.75. The van der Waals surface area contributed by atoms with Gasteiger partial charge in [-0.3, -0.25) is 9.59 Å². The Morgan fingerprint density at radius 2 is 1.54 bits per heavy atom.